The van der Waals surface area contributed by atoms with E-state index in [9.17, 15) is 35.1 Å². The highest BCUT2D eigenvalue weighted by Gasteiger charge is 2.79. The SMILES string of the molecule is FC(F)(Cl)C(F)(F)C(F)(F)C(F)(F)CCc1cccs1. The van der Waals surface area contributed by atoms with E-state index in [4.69, 9.17) is 0 Å². The van der Waals surface area contributed by atoms with Crippen molar-refractivity contribution in [1.82, 2.24) is 0 Å². The third-order valence-electron chi connectivity index (χ3n) is 2.48. The second kappa shape index (κ2) is 5.32. The van der Waals surface area contributed by atoms with Gasteiger partial charge in [-0.2, -0.15) is 35.1 Å². The Morgan fingerprint density at radius 2 is 1.50 bits per heavy atom. The maximum atomic E-state index is 13.2. The molecule has 20 heavy (non-hydrogen) atoms. The van der Waals surface area contributed by atoms with Crippen LogP contribution in [0.1, 0.15) is 11.3 Å². The fourth-order valence-corrected chi connectivity index (χ4v) is 2.13. The summed E-state index contributed by atoms with van der Waals surface area (Å²) in [5.41, 5.74) is 0. The first-order chi connectivity index (χ1) is 8.83. The summed E-state index contributed by atoms with van der Waals surface area (Å²) in [4.78, 5) is 0.237. The van der Waals surface area contributed by atoms with Gasteiger partial charge in [-0.05, 0) is 29.5 Å². The summed E-state index contributed by atoms with van der Waals surface area (Å²) in [6.45, 7) is 0. The van der Waals surface area contributed by atoms with Crippen LogP contribution in [0.4, 0.5) is 35.1 Å². The molecule has 0 aromatic carbocycles. The fraction of sp³-hybridized carbons (Fsp3) is 0.600. The first kappa shape index (κ1) is 17.5. The number of aryl methyl sites for hydroxylation is 1. The van der Waals surface area contributed by atoms with E-state index in [1.54, 1.807) is 0 Å². The van der Waals surface area contributed by atoms with Crippen molar-refractivity contribution >= 4 is 22.9 Å². The van der Waals surface area contributed by atoms with Gasteiger partial charge in [0.2, 0.25) is 0 Å². The predicted octanol–water partition coefficient (Wildman–Crippen LogP) is 5.42. The van der Waals surface area contributed by atoms with Crippen LogP contribution in [0.5, 0.6) is 0 Å². The van der Waals surface area contributed by atoms with Crippen LogP contribution in [-0.4, -0.2) is 23.1 Å². The van der Waals surface area contributed by atoms with E-state index in [1.165, 1.54) is 17.5 Å². The van der Waals surface area contributed by atoms with Gasteiger partial charge in [0.05, 0.1) is 0 Å². The minimum absolute atomic E-state index is 0.237. The number of thiophene rings is 1. The Labute approximate surface area is 117 Å². The second-order valence-electron chi connectivity index (χ2n) is 3.93. The van der Waals surface area contributed by atoms with Crippen LogP contribution < -0.4 is 0 Å². The molecule has 0 N–H and O–H groups in total. The monoisotopic (exact) mass is 346 g/mol. The third-order valence-corrected chi connectivity index (χ3v) is 3.65. The third kappa shape index (κ3) is 3.03. The van der Waals surface area contributed by atoms with Crippen molar-refractivity contribution in [2.24, 2.45) is 0 Å². The standard InChI is InChI=1S/C10H7ClF8S/c11-10(18,19)9(16,17)8(14,15)7(12,13)4-3-6-2-1-5-20-6/h1-2,5H,3-4H2. The number of hydrogen-bond donors (Lipinski definition) is 0. The first-order valence-corrected chi connectivity index (χ1v) is 6.31. The highest BCUT2D eigenvalue weighted by atomic mass is 35.5. The van der Waals surface area contributed by atoms with Crippen molar-refractivity contribution in [2.45, 2.75) is 36.0 Å². The van der Waals surface area contributed by atoms with Crippen molar-refractivity contribution in [1.29, 1.82) is 0 Å². The lowest BCUT2D eigenvalue weighted by atomic mass is 10.00. The molecule has 0 unspecified atom stereocenters. The second-order valence-corrected chi connectivity index (χ2v) is 5.44. The van der Waals surface area contributed by atoms with Crippen LogP contribution in [0.25, 0.3) is 0 Å². The quantitative estimate of drug-likeness (QED) is 0.477. The Kier molecular flexibility index (Phi) is 4.65. The Balaban J connectivity index is 2.93. The van der Waals surface area contributed by atoms with Gasteiger partial charge in [0.1, 0.15) is 0 Å². The molecule has 0 saturated heterocycles. The van der Waals surface area contributed by atoms with Crippen LogP contribution in [0.3, 0.4) is 0 Å². The molecule has 1 rings (SSSR count). The zero-order valence-corrected chi connectivity index (χ0v) is 11.0. The molecule has 10 heteroatoms. The highest BCUT2D eigenvalue weighted by Crippen LogP contribution is 2.55. The van der Waals surface area contributed by atoms with Gasteiger partial charge in [-0.25, -0.2) is 0 Å². The van der Waals surface area contributed by atoms with Crippen LogP contribution in [0.15, 0.2) is 17.5 Å². The Morgan fingerprint density at radius 3 is 1.90 bits per heavy atom. The lowest BCUT2D eigenvalue weighted by molar-refractivity contribution is -0.348. The average molecular weight is 347 g/mol. The Hall–Kier alpha value is -0.570. The van der Waals surface area contributed by atoms with Crippen LogP contribution >= 0.6 is 22.9 Å². The molecule has 0 aliphatic heterocycles. The average Bonchev–Trinajstić information content (AvgIpc) is 2.77. The fourth-order valence-electron chi connectivity index (χ4n) is 1.30. The number of alkyl halides is 9. The molecule has 0 bridgehead atoms. The summed E-state index contributed by atoms with van der Waals surface area (Å²) in [7, 11) is 0. The molecule has 0 nitrogen and oxygen atoms in total. The lowest BCUT2D eigenvalue weighted by Crippen LogP contribution is -2.60. The maximum Gasteiger partial charge on any atom is 0.392 e. The molecule has 0 atom stereocenters. The number of halogens is 9. The predicted molar refractivity (Wildman–Crippen MR) is 58.3 cm³/mol. The molecule has 0 radical (unpaired) electrons. The van der Waals surface area contributed by atoms with Crippen molar-refractivity contribution in [2.75, 3.05) is 0 Å². The topological polar surface area (TPSA) is 0 Å². The minimum Gasteiger partial charge on any atom is -0.200 e. The number of hydrogen-bond acceptors (Lipinski definition) is 1. The zero-order valence-electron chi connectivity index (χ0n) is 9.46. The summed E-state index contributed by atoms with van der Waals surface area (Å²) in [6.07, 6.45) is -2.35. The molecule has 1 aromatic rings. The molecule has 0 aliphatic carbocycles. The smallest absolute Gasteiger partial charge is 0.200 e. The summed E-state index contributed by atoms with van der Waals surface area (Å²) in [6, 6.07) is 2.77. The van der Waals surface area contributed by atoms with Crippen molar-refractivity contribution in [3.8, 4) is 0 Å². The Bertz CT molecular complexity index is 437. The van der Waals surface area contributed by atoms with Gasteiger partial charge in [0.15, 0.2) is 0 Å². The molecular formula is C10H7ClF8S. The first-order valence-electron chi connectivity index (χ1n) is 5.05. The van der Waals surface area contributed by atoms with Gasteiger partial charge in [-0.1, -0.05) is 6.07 Å². The zero-order chi connectivity index (χ0) is 15.8. The van der Waals surface area contributed by atoms with Crippen molar-refractivity contribution < 1.29 is 35.1 Å². The van der Waals surface area contributed by atoms with E-state index in [-0.39, 0.29) is 4.88 Å². The van der Waals surface area contributed by atoms with Gasteiger partial charge in [-0.3, -0.25) is 0 Å². The van der Waals surface area contributed by atoms with E-state index >= 15 is 0 Å². The molecule has 0 amide bonds. The van der Waals surface area contributed by atoms with Gasteiger partial charge >= 0.3 is 23.1 Å². The summed E-state index contributed by atoms with van der Waals surface area (Å²) < 4.78 is 102. The van der Waals surface area contributed by atoms with Crippen molar-refractivity contribution in [3.63, 3.8) is 0 Å². The molecule has 0 aliphatic rings. The molecule has 0 fully saturated rings. The molecule has 1 heterocycles. The van der Waals surface area contributed by atoms with E-state index in [0.29, 0.717) is 0 Å². The van der Waals surface area contributed by atoms with E-state index in [2.05, 4.69) is 11.6 Å². The largest absolute Gasteiger partial charge is 0.392 e. The van der Waals surface area contributed by atoms with Gasteiger partial charge < -0.3 is 0 Å². The van der Waals surface area contributed by atoms with Crippen LogP contribution in [0, 0.1) is 0 Å². The molecule has 0 spiro atoms. The normalized spacial score (nSPS) is 14.7. The van der Waals surface area contributed by atoms with E-state index < -0.39 is 36.0 Å². The Morgan fingerprint density at radius 1 is 0.950 bits per heavy atom. The summed E-state index contributed by atoms with van der Waals surface area (Å²) in [5.74, 6) is -18.0. The summed E-state index contributed by atoms with van der Waals surface area (Å²) in [5, 5.41) is -4.32. The molecule has 116 valence electrons. The van der Waals surface area contributed by atoms with Crippen LogP contribution in [-0.2, 0) is 6.42 Å². The van der Waals surface area contributed by atoms with E-state index in [1.807, 2.05) is 0 Å². The van der Waals surface area contributed by atoms with Gasteiger partial charge in [0.25, 0.3) is 0 Å². The molecule has 1 aromatic heterocycles. The van der Waals surface area contributed by atoms with Gasteiger partial charge in [0, 0.05) is 11.3 Å². The van der Waals surface area contributed by atoms with Gasteiger partial charge in [-0.15, -0.1) is 11.3 Å². The molecular weight excluding hydrogens is 340 g/mol. The molecule has 0 saturated carbocycles. The highest BCUT2D eigenvalue weighted by molar-refractivity contribution is 7.09. The minimum atomic E-state index is -6.37. The van der Waals surface area contributed by atoms with E-state index in [0.717, 1.165) is 11.3 Å². The maximum absolute atomic E-state index is 13.2. The lowest BCUT2D eigenvalue weighted by Gasteiger charge is -2.34. The number of rotatable bonds is 6. The van der Waals surface area contributed by atoms with Crippen molar-refractivity contribution in [3.05, 3.63) is 22.4 Å². The van der Waals surface area contributed by atoms with Crippen LogP contribution in [0.2, 0.25) is 0 Å². The summed E-state index contributed by atoms with van der Waals surface area (Å²) >= 11 is 4.77.